The van der Waals surface area contributed by atoms with Gasteiger partial charge in [0.15, 0.2) is 0 Å². The molecule has 154 valence electrons. The van der Waals surface area contributed by atoms with Crippen molar-refractivity contribution in [2.75, 3.05) is 13.2 Å². The average molecular weight is 417 g/mol. The Kier molecular flexibility index (Phi) is 8.64. The van der Waals surface area contributed by atoms with E-state index < -0.39 is 0 Å². The molecule has 3 rings (SSSR count). The van der Waals surface area contributed by atoms with Gasteiger partial charge in [-0.15, -0.1) is 12.4 Å². The summed E-state index contributed by atoms with van der Waals surface area (Å²) in [6.45, 7) is 2.93. The summed E-state index contributed by atoms with van der Waals surface area (Å²) in [5.41, 5.74) is 7.90. The van der Waals surface area contributed by atoms with Gasteiger partial charge in [0.1, 0.15) is 5.75 Å². The van der Waals surface area contributed by atoms with E-state index in [0.29, 0.717) is 31.3 Å². The smallest absolute Gasteiger partial charge is 0.227 e. The molecule has 1 heterocycles. The predicted molar refractivity (Wildman–Crippen MR) is 113 cm³/mol. The van der Waals surface area contributed by atoms with Gasteiger partial charge in [-0.1, -0.05) is 35.5 Å². The van der Waals surface area contributed by atoms with Gasteiger partial charge in [-0.25, -0.2) is 0 Å². The number of ether oxygens (including phenoxy) is 1. The third kappa shape index (κ3) is 6.58. The molecular weight excluding hydrogens is 392 g/mol. The first kappa shape index (κ1) is 22.4. The molecule has 29 heavy (non-hydrogen) atoms. The van der Waals surface area contributed by atoms with Crippen LogP contribution in [0.15, 0.2) is 59.1 Å². The van der Waals surface area contributed by atoms with Gasteiger partial charge in [0.25, 0.3) is 0 Å². The Morgan fingerprint density at radius 1 is 1.17 bits per heavy atom. The van der Waals surface area contributed by atoms with Gasteiger partial charge < -0.3 is 20.3 Å². The van der Waals surface area contributed by atoms with Gasteiger partial charge in [0.2, 0.25) is 17.6 Å². The summed E-state index contributed by atoms with van der Waals surface area (Å²) in [4.78, 5) is 16.4. The normalized spacial score (nSPS) is 11.4. The number of hydrogen-bond donors (Lipinski definition) is 2. The lowest BCUT2D eigenvalue weighted by molar-refractivity contribution is -0.121. The van der Waals surface area contributed by atoms with Crippen LogP contribution in [0.4, 0.5) is 0 Å². The molecule has 3 aromatic rings. The van der Waals surface area contributed by atoms with E-state index in [0.717, 1.165) is 16.9 Å². The molecule has 0 fully saturated rings. The molecule has 0 saturated carbocycles. The van der Waals surface area contributed by atoms with Crippen molar-refractivity contribution >= 4 is 18.3 Å². The highest BCUT2D eigenvalue weighted by Gasteiger charge is 2.12. The van der Waals surface area contributed by atoms with Crippen molar-refractivity contribution in [2.24, 2.45) is 5.73 Å². The Balaban J connectivity index is 0.00000300. The summed E-state index contributed by atoms with van der Waals surface area (Å²) in [5.74, 6) is 1.60. The first-order valence-corrected chi connectivity index (χ1v) is 9.28. The molecule has 0 aliphatic rings. The molecule has 0 saturated heterocycles. The second-order valence-electron chi connectivity index (χ2n) is 6.29. The molecule has 0 aliphatic carbocycles. The molecule has 3 N–H and O–H groups in total. The van der Waals surface area contributed by atoms with Crippen LogP contribution in [0, 0.1) is 0 Å². The maximum absolute atomic E-state index is 12.1. The van der Waals surface area contributed by atoms with Crippen molar-refractivity contribution in [1.29, 1.82) is 0 Å². The first-order chi connectivity index (χ1) is 13.7. The monoisotopic (exact) mass is 416 g/mol. The van der Waals surface area contributed by atoms with E-state index in [1.807, 2.05) is 61.5 Å². The fraction of sp³-hybridized carbons (Fsp3) is 0.286. The van der Waals surface area contributed by atoms with Crippen LogP contribution in [-0.2, 0) is 11.2 Å². The fourth-order valence-corrected chi connectivity index (χ4v) is 2.69. The van der Waals surface area contributed by atoms with Crippen LogP contribution in [0.1, 0.15) is 30.8 Å². The zero-order valence-corrected chi connectivity index (χ0v) is 17.0. The van der Waals surface area contributed by atoms with Crippen molar-refractivity contribution in [1.82, 2.24) is 15.5 Å². The Labute approximate surface area is 176 Å². The number of nitrogens with one attached hydrogen (secondary N) is 1. The summed E-state index contributed by atoms with van der Waals surface area (Å²) in [7, 11) is 0. The van der Waals surface area contributed by atoms with Gasteiger partial charge in [0, 0.05) is 31.0 Å². The molecule has 7 nitrogen and oxygen atoms in total. The number of nitrogens with zero attached hydrogens (tertiary/aromatic N) is 2. The Hall–Kier alpha value is -2.90. The van der Waals surface area contributed by atoms with E-state index in [1.54, 1.807) is 0 Å². The van der Waals surface area contributed by atoms with Crippen molar-refractivity contribution in [3.05, 3.63) is 66.1 Å². The van der Waals surface area contributed by atoms with Gasteiger partial charge >= 0.3 is 0 Å². The highest BCUT2D eigenvalue weighted by Crippen LogP contribution is 2.20. The van der Waals surface area contributed by atoms with E-state index in [1.165, 1.54) is 0 Å². The van der Waals surface area contributed by atoms with Gasteiger partial charge in [-0.3, -0.25) is 4.79 Å². The van der Waals surface area contributed by atoms with Crippen LogP contribution in [0.3, 0.4) is 0 Å². The Morgan fingerprint density at radius 2 is 1.90 bits per heavy atom. The number of benzene rings is 2. The number of nitrogens with two attached hydrogens (primary N) is 1. The molecule has 0 aliphatic heterocycles. The van der Waals surface area contributed by atoms with Crippen LogP contribution < -0.4 is 15.8 Å². The minimum Gasteiger partial charge on any atom is -0.494 e. The lowest BCUT2D eigenvalue weighted by Gasteiger charge is -2.12. The molecule has 1 amide bonds. The third-order valence-electron chi connectivity index (χ3n) is 4.20. The molecule has 1 unspecified atom stereocenters. The van der Waals surface area contributed by atoms with Crippen molar-refractivity contribution in [3.63, 3.8) is 0 Å². The van der Waals surface area contributed by atoms with Crippen LogP contribution >= 0.6 is 12.4 Å². The van der Waals surface area contributed by atoms with Gasteiger partial charge in [0.05, 0.1) is 6.61 Å². The molecule has 0 radical (unpaired) electrons. The lowest BCUT2D eigenvalue weighted by Crippen LogP contribution is -2.32. The summed E-state index contributed by atoms with van der Waals surface area (Å²) in [5, 5.41) is 6.82. The molecular formula is C21H25ClN4O3. The van der Waals surface area contributed by atoms with Crippen molar-refractivity contribution in [2.45, 2.75) is 25.8 Å². The zero-order valence-electron chi connectivity index (χ0n) is 16.2. The molecule has 2 aromatic carbocycles. The van der Waals surface area contributed by atoms with Crippen molar-refractivity contribution in [3.8, 4) is 17.1 Å². The van der Waals surface area contributed by atoms with E-state index in [4.69, 9.17) is 15.0 Å². The number of amides is 1. The Morgan fingerprint density at radius 3 is 2.59 bits per heavy atom. The maximum atomic E-state index is 12.1. The number of halogens is 1. The molecule has 8 heteroatoms. The second kappa shape index (κ2) is 11.2. The summed E-state index contributed by atoms with van der Waals surface area (Å²) in [6, 6.07) is 16.9. The van der Waals surface area contributed by atoms with Gasteiger partial charge in [-0.05, 0) is 36.8 Å². The minimum atomic E-state index is -0.236. The van der Waals surface area contributed by atoms with Crippen LogP contribution in [0.5, 0.6) is 5.75 Å². The summed E-state index contributed by atoms with van der Waals surface area (Å²) < 4.78 is 10.7. The standard InChI is InChI=1S/C21H24N4O3.ClH/c1-2-27-17-10-8-16(9-11-17)21-24-20(28-25-21)13-12-19(26)23-14-18(22)15-6-4-3-5-7-15;/h3-11,18H,2,12-14,22H2,1H3,(H,23,26);1H. The van der Waals surface area contributed by atoms with Crippen LogP contribution in [0.25, 0.3) is 11.4 Å². The van der Waals surface area contributed by atoms with Crippen molar-refractivity contribution < 1.29 is 14.1 Å². The maximum Gasteiger partial charge on any atom is 0.227 e. The molecule has 0 bridgehead atoms. The fourth-order valence-electron chi connectivity index (χ4n) is 2.69. The number of carbonyl (C=O) groups excluding carboxylic acids is 1. The largest absolute Gasteiger partial charge is 0.494 e. The summed E-state index contributed by atoms with van der Waals surface area (Å²) >= 11 is 0. The first-order valence-electron chi connectivity index (χ1n) is 9.28. The molecule has 1 atom stereocenters. The van der Waals surface area contributed by atoms with E-state index in [-0.39, 0.29) is 30.8 Å². The number of carbonyl (C=O) groups is 1. The SMILES string of the molecule is CCOc1ccc(-c2noc(CCC(=O)NCC(N)c3ccccc3)n2)cc1.Cl. The Bertz CT molecular complexity index is 884. The lowest BCUT2D eigenvalue weighted by atomic mass is 10.1. The number of aryl methyl sites for hydroxylation is 1. The predicted octanol–water partition coefficient (Wildman–Crippen LogP) is 3.31. The second-order valence-corrected chi connectivity index (χ2v) is 6.29. The van der Waals surface area contributed by atoms with Crippen LogP contribution in [0.2, 0.25) is 0 Å². The van der Waals surface area contributed by atoms with Crippen LogP contribution in [-0.4, -0.2) is 29.2 Å². The number of hydrogen-bond acceptors (Lipinski definition) is 6. The number of aromatic nitrogens is 2. The third-order valence-corrected chi connectivity index (χ3v) is 4.20. The molecule has 1 aromatic heterocycles. The minimum absolute atomic E-state index is 0. The average Bonchev–Trinajstić information content (AvgIpc) is 3.21. The highest BCUT2D eigenvalue weighted by atomic mass is 35.5. The zero-order chi connectivity index (χ0) is 19.8. The van der Waals surface area contributed by atoms with Gasteiger partial charge in [-0.2, -0.15) is 4.98 Å². The van der Waals surface area contributed by atoms with E-state index in [2.05, 4.69) is 15.5 Å². The molecule has 0 spiro atoms. The van der Waals surface area contributed by atoms with E-state index in [9.17, 15) is 4.79 Å². The number of rotatable bonds is 9. The summed E-state index contributed by atoms with van der Waals surface area (Å²) in [6.07, 6.45) is 0.628. The topological polar surface area (TPSA) is 103 Å². The highest BCUT2D eigenvalue weighted by molar-refractivity contribution is 5.85. The quantitative estimate of drug-likeness (QED) is 0.554. The van der Waals surface area contributed by atoms with E-state index >= 15 is 0 Å².